The molecule has 0 aromatic heterocycles. The number of hydrogen-bond acceptors (Lipinski definition) is 0. The molecule has 6 rings (SSSR count). The summed E-state index contributed by atoms with van der Waals surface area (Å²) in [5.74, 6) is 0.0819. The quantitative estimate of drug-likeness (QED) is 0.152. The first-order chi connectivity index (χ1) is 18.3. The van der Waals surface area contributed by atoms with Gasteiger partial charge in [-0.05, 0) is 63.8 Å². The molecule has 1 atom stereocenters. The van der Waals surface area contributed by atoms with E-state index in [4.69, 9.17) is 0 Å². The van der Waals surface area contributed by atoms with Crippen LogP contribution in [-0.2, 0) is 27.1 Å². The van der Waals surface area contributed by atoms with Crippen LogP contribution in [0, 0.1) is 47.6 Å². The van der Waals surface area contributed by atoms with Crippen LogP contribution in [0.4, 0.5) is 0 Å². The zero-order valence-corrected chi connectivity index (χ0v) is 28.8. The van der Waals surface area contributed by atoms with Crippen LogP contribution in [0.5, 0.6) is 0 Å². The first kappa shape index (κ1) is 35.9. The van der Waals surface area contributed by atoms with Crippen LogP contribution in [0.3, 0.4) is 0 Å². The van der Waals surface area contributed by atoms with E-state index >= 15 is 0 Å². The van der Waals surface area contributed by atoms with Crippen molar-refractivity contribution in [2.45, 2.75) is 52.9 Å². The maximum atomic E-state index is 3.75. The Morgan fingerprint density at radius 3 is 1.31 bits per heavy atom. The van der Waals surface area contributed by atoms with E-state index in [9.17, 15) is 0 Å². The fourth-order valence-electron chi connectivity index (χ4n) is 7.13. The molecule has 0 nitrogen and oxygen atoms in total. The van der Waals surface area contributed by atoms with E-state index in [1.165, 1.54) is 72.3 Å². The van der Waals surface area contributed by atoms with Gasteiger partial charge >= 0.3 is 21.7 Å². The maximum absolute atomic E-state index is 3.75. The van der Waals surface area contributed by atoms with Gasteiger partial charge in [-0.25, -0.2) is 0 Å². The van der Waals surface area contributed by atoms with Crippen molar-refractivity contribution < 1.29 is 58.9 Å². The zero-order chi connectivity index (χ0) is 26.6. The van der Waals surface area contributed by atoms with Crippen molar-refractivity contribution >= 4 is 0 Å². The van der Waals surface area contributed by atoms with Crippen molar-refractivity contribution in [2.24, 2.45) is 0 Å². The molecule has 0 saturated heterocycles. The Morgan fingerprint density at radius 1 is 0.500 bits per heavy atom. The summed E-state index contributed by atoms with van der Waals surface area (Å²) < 4.78 is 0. The molecule has 0 fully saturated rings. The van der Waals surface area contributed by atoms with Crippen molar-refractivity contribution in [1.82, 2.24) is 0 Å². The van der Waals surface area contributed by atoms with E-state index in [0.29, 0.717) is 0 Å². The number of rotatable bonds is 4. The standard InChI is InChI=1S/C38H35.3ClH.Ti/c1-24-15-25(2)19-30(18-24)38(31-20-26(3)16-27(4)21-31,32-22-28(5)17-29(6)23-32)37-35-13-9-7-11-33(35)34-12-8-10-14-36(34)37;;;;/h7-13,15-23,37H,1-6H3;3*1H;/q-1;;;;+4/p-3. The summed E-state index contributed by atoms with van der Waals surface area (Å²) in [6.45, 7) is 13.4. The normalized spacial score (nSPS) is 13.0. The molecule has 0 radical (unpaired) electrons. The van der Waals surface area contributed by atoms with Crippen molar-refractivity contribution in [3.8, 4) is 11.1 Å². The molecule has 0 bridgehead atoms. The number of halogens is 3. The summed E-state index contributed by atoms with van der Waals surface area (Å²) in [5, 5.41) is 0. The van der Waals surface area contributed by atoms with Crippen LogP contribution in [0.25, 0.3) is 11.1 Å². The Bertz CT molecular complexity index is 1470. The van der Waals surface area contributed by atoms with Crippen LogP contribution in [0.15, 0.2) is 97.1 Å². The average molecular weight is 646 g/mol. The summed E-state index contributed by atoms with van der Waals surface area (Å²) >= 11 is 0. The van der Waals surface area contributed by atoms with Gasteiger partial charge in [-0.2, -0.15) is 24.3 Å². The zero-order valence-electron chi connectivity index (χ0n) is 24.9. The molecule has 0 spiro atoms. The maximum Gasteiger partial charge on any atom is 4.00 e. The smallest absolute Gasteiger partial charge is 1.00 e. The monoisotopic (exact) mass is 644 g/mol. The number of benzene rings is 5. The molecule has 4 heteroatoms. The number of hydrogen-bond donors (Lipinski definition) is 0. The summed E-state index contributed by atoms with van der Waals surface area (Å²) in [6.07, 6.45) is 0. The van der Waals surface area contributed by atoms with Gasteiger partial charge in [0.15, 0.2) is 0 Å². The average Bonchev–Trinajstić information content (AvgIpc) is 3.18. The van der Waals surface area contributed by atoms with Gasteiger partial charge in [-0.15, -0.1) is 11.1 Å². The molecule has 212 valence electrons. The Labute approximate surface area is 285 Å². The second-order valence-corrected chi connectivity index (χ2v) is 11.5. The fraction of sp³-hybridized carbons (Fsp3) is 0.211. The summed E-state index contributed by atoms with van der Waals surface area (Å²) in [4.78, 5) is 0. The molecule has 5 aromatic rings. The minimum absolute atomic E-state index is 0. The molecule has 5 aromatic carbocycles. The molecule has 0 aliphatic heterocycles. The van der Waals surface area contributed by atoms with Crippen molar-refractivity contribution in [1.29, 1.82) is 0 Å². The SMILES string of the molecule is Cc1cc(C)cc(C(c2cc(C)cc(C)c2)(c2cc(C)cc(C)c2)C2c3[c-]cccc3-c3ccccc32)c1.[Cl-].[Cl-].[Cl-].[Ti+4]. The molecule has 0 amide bonds. The topological polar surface area (TPSA) is 0 Å². The van der Waals surface area contributed by atoms with Crippen LogP contribution < -0.4 is 37.2 Å². The molecule has 0 heterocycles. The third-order valence-corrected chi connectivity index (χ3v) is 8.20. The van der Waals surface area contributed by atoms with Gasteiger partial charge < -0.3 is 37.2 Å². The van der Waals surface area contributed by atoms with E-state index in [-0.39, 0.29) is 64.9 Å². The number of fused-ring (bicyclic) bond motifs is 3. The summed E-state index contributed by atoms with van der Waals surface area (Å²) in [5.41, 5.74) is 16.6. The van der Waals surface area contributed by atoms with Gasteiger partial charge in [-0.1, -0.05) is 118 Å². The molecular formula is C38H35Cl3Ti. The summed E-state index contributed by atoms with van der Waals surface area (Å²) in [6, 6.07) is 40.7. The predicted molar refractivity (Wildman–Crippen MR) is 160 cm³/mol. The van der Waals surface area contributed by atoms with E-state index in [1.807, 2.05) is 0 Å². The van der Waals surface area contributed by atoms with E-state index in [1.54, 1.807) is 0 Å². The van der Waals surface area contributed by atoms with Crippen molar-refractivity contribution in [3.05, 3.63) is 164 Å². The fourth-order valence-corrected chi connectivity index (χ4v) is 7.13. The van der Waals surface area contributed by atoms with Crippen LogP contribution >= 0.6 is 0 Å². The van der Waals surface area contributed by atoms with Crippen LogP contribution in [0.2, 0.25) is 0 Å². The molecule has 1 aliphatic rings. The van der Waals surface area contributed by atoms with Gasteiger partial charge in [0.2, 0.25) is 0 Å². The van der Waals surface area contributed by atoms with Crippen LogP contribution in [-0.4, -0.2) is 0 Å². The van der Waals surface area contributed by atoms with Crippen LogP contribution in [0.1, 0.15) is 67.1 Å². The van der Waals surface area contributed by atoms with E-state index < -0.39 is 5.41 Å². The predicted octanol–water partition coefficient (Wildman–Crippen LogP) is 0.494. The van der Waals surface area contributed by atoms with Crippen molar-refractivity contribution in [3.63, 3.8) is 0 Å². The summed E-state index contributed by atoms with van der Waals surface area (Å²) in [7, 11) is 0. The van der Waals surface area contributed by atoms with Gasteiger partial charge in [0.05, 0.1) is 5.41 Å². The molecule has 1 unspecified atom stereocenters. The molecule has 0 saturated carbocycles. The van der Waals surface area contributed by atoms with E-state index in [0.717, 1.165) is 0 Å². The van der Waals surface area contributed by atoms with Gasteiger partial charge in [0.25, 0.3) is 0 Å². The van der Waals surface area contributed by atoms with Gasteiger partial charge in [0.1, 0.15) is 0 Å². The first-order valence-corrected chi connectivity index (χ1v) is 13.6. The Balaban J connectivity index is 0.00000154. The van der Waals surface area contributed by atoms with Gasteiger partial charge in [-0.3, -0.25) is 0 Å². The van der Waals surface area contributed by atoms with Crippen molar-refractivity contribution in [2.75, 3.05) is 0 Å². The molecule has 42 heavy (non-hydrogen) atoms. The molecule has 1 aliphatic carbocycles. The third-order valence-electron chi connectivity index (χ3n) is 8.20. The number of aryl methyl sites for hydroxylation is 6. The minimum Gasteiger partial charge on any atom is -1.00 e. The second-order valence-electron chi connectivity index (χ2n) is 11.5. The first-order valence-electron chi connectivity index (χ1n) is 13.6. The second kappa shape index (κ2) is 14.0. The Morgan fingerprint density at radius 2 is 0.881 bits per heavy atom. The van der Waals surface area contributed by atoms with Gasteiger partial charge in [0, 0.05) is 5.92 Å². The third kappa shape index (κ3) is 6.03. The molecular weight excluding hydrogens is 611 g/mol. The molecule has 0 N–H and O–H groups in total. The van der Waals surface area contributed by atoms with E-state index in [2.05, 4.69) is 145 Å². The minimum atomic E-state index is -0.441. The Hall–Kier alpha value is -2.32. The Kier molecular flexibility index (Phi) is 11.9. The largest absolute Gasteiger partial charge is 4.00 e.